The number of para-hydroxylation sites is 1. The first-order valence-corrected chi connectivity index (χ1v) is 9.32. The van der Waals surface area contributed by atoms with Crippen molar-refractivity contribution >= 4 is 21.9 Å². The van der Waals surface area contributed by atoms with Crippen LogP contribution in [-0.4, -0.2) is 15.3 Å². The van der Waals surface area contributed by atoms with E-state index >= 15 is 0 Å². The third kappa shape index (κ3) is 2.84. The van der Waals surface area contributed by atoms with Gasteiger partial charge in [0.05, 0.1) is 10.8 Å². The Kier molecular flexibility index (Phi) is 3.96. The molecule has 0 radical (unpaired) electrons. The molecule has 5 heteroatoms. The van der Waals surface area contributed by atoms with Crippen molar-refractivity contribution in [2.45, 2.75) is 0 Å². The highest BCUT2D eigenvalue weighted by Crippen LogP contribution is 2.39. The normalized spacial score (nSPS) is 11.2. The molecule has 0 unspecified atom stereocenters. The molecule has 1 aromatic heterocycles. The van der Waals surface area contributed by atoms with Crippen LogP contribution in [0.1, 0.15) is 0 Å². The van der Waals surface area contributed by atoms with Crippen molar-refractivity contribution in [3.05, 3.63) is 89.1 Å². The lowest BCUT2D eigenvalue weighted by Gasteiger charge is -2.13. The van der Waals surface area contributed by atoms with Gasteiger partial charge in [0.15, 0.2) is 11.5 Å². The summed E-state index contributed by atoms with van der Waals surface area (Å²) < 4.78 is 6.00. The van der Waals surface area contributed by atoms with E-state index in [4.69, 9.17) is 4.42 Å². The SMILES string of the molecule is O=c1c2ccccc2oc2cc(-c3ccc(O)c(O)c3)c(-c3ccc(O)cc3)cc12. The molecule has 0 amide bonds. The number of hydrogen-bond donors (Lipinski definition) is 3. The molecule has 0 aliphatic rings. The zero-order valence-electron chi connectivity index (χ0n) is 15.7. The second-order valence-corrected chi connectivity index (χ2v) is 7.07. The largest absolute Gasteiger partial charge is 0.508 e. The molecule has 0 aliphatic carbocycles. The molecule has 0 spiro atoms. The van der Waals surface area contributed by atoms with Gasteiger partial charge >= 0.3 is 0 Å². The van der Waals surface area contributed by atoms with Gasteiger partial charge in [0.25, 0.3) is 0 Å². The van der Waals surface area contributed by atoms with E-state index in [1.807, 2.05) is 0 Å². The molecule has 0 fully saturated rings. The standard InChI is InChI=1S/C25H16O5/c26-16-8-5-14(6-9-16)18-12-20-24(30-23-4-2-1-3-17(23)25(20)29)13-19(18)15-7-10-21(27)22(28)11-15/h1-13,26-28H. The maximum Gasteiger partial charge on any atom is 0.200 e. The lowest BCUT2D eigenvalue weighted by molar-refractivity contribution is 0.404. The number of phenols is 3. The van der Waals surface area contributed by atoms with Crippen molar-refractivity contribution in [1.29, 1.82) is 0 Å². The molecule has 30 heavy (non-hydrogen) atoms. The van der Waals surface area contributed by atoms with Crippen LogP contribution < -0.4 is 5.43 Å². The van der Waals surface area contributed by atoms with E-state index in [0.29, 0.717) is 33.1 Å². The van der Waals surface area contributed by atoms with E-state index in [2.05, 4.69) is 0 Å². The Morgan fingerprint density at radius 2 is 1.30 bits per heavy atom. The van der Waals surface area contributed by atoms with Gasteiger partial charge < -0.3 is 19.7 Å². The van der Waals surface area contributed by atoms with E-state index in [-0.39, 0.29) is 22.7 Å². The first-order valence-electron chi connectivity index (χ1n) is 9.32. The van der Waals surface area contributed by atoms with Gasteiger partial charge in [-0.2, -0.15) is 0 Å². The minimum absolute atomic E-state index is 0.132. The minimum atomic E-state index is -0.246. The highest BCUT2D eigenvalue weighted by atomic mass is 16.3. The number of benzene rings is 4. The van der Waals surface area contributed by atoms with Crippen LogP contribution in [0.3, 0.4) is 0 Å². The zero-order valence-corrected chi connectivity index (χ0v) is 15.7. The fraction of sp³-hybridized carbons (Fsp3) is 0. The van der Waals surface area contributed by atoms with E-state index in [0.717, 1.165) is 11.1 Å². The van der Waals surface area contributed by atoms with Crippen LogP contribution in [0, 0.1) is 0 Å². The topological polar surface area (TPSA) is 90.9 Å². The van der Waals surface area contributed by atoms with Crippen LogP contribution in [0.15, 0.2) is 88.1 Å². The van der Waals surface area contributed by atoms with E-state index in [1.165, 1.54) is 12.1 Å². The second kappa shape index (κ2) is 6.67. The Morgan fingerprint density at radius 1 is 0.600 bits per heavy atom. The van der Waals surface area contributed by atoms with Gasteiger partial charge in [0, 0.05) is 0 Å². The second-order valence-electron chi connectivity index (χ2n) is 7.07. The predicted molar refractivity (Wildman–Crippen MR) is 116 cm³/mol. The molecular formula is C25H16O5. The van der Waals surface area contributed by atoms with E-state index in [9.17, 15) is 20.1 Å². The van der Waals surface area contributed by atoms with Gasteiger partial charge in [-0.3, -0.25) is 4.79 Å². The molecule has 5 nitrogen and oxygen atoms in total. The fourth-order valence-corrected chi connectivity index (χ4v) is 3.66. The van der Waals surface area contributed by atoms with Crippen molar-refractivity contribution in [1.82, 2.24) is 0 Å². The molecule has 5 aromatic rings. The molecule has 5 rings (SSSR count). The molecule has 0 saturated carbocycles. The van der Waals surface area contributed by atoms with Gasteiger partial charge in [-0.1, -0.05) is 30.3 Å². The minimum Gasteiger partial charge on any atom is -0.508 e. The van der Waals surface area contributed by atoms with E-state index in [1.54, 1.807) is 66.7 Å². The Hall–Kier alpha value is -4.25. The summed E-state index contributed by atoms with van der Waals surface area (Å²) >= 11 is 0. The Balaban J connectivity index is 1.88. The molecular weight excluding hydrogens is 380 g/mol. The molecule has 0 saturated heterocycles. The van der Waals surface area contributed by atoms with Crippen LogP contribution in [0.4, 0.5) is 0 Å². The first kappa shape index (κ1) is 17.8. The number of phenolic OH excluding ortho intramolecular Hbond substituents is 3. The van der Waals surface area contributed by atoms with Crippen LogP contribution >= 0.6 is 0 Å². The lowest BCUT2D eigenvalue weighted by atomic mass is 9.92. The van der Waals surface area contributed by atoms with Crippen molar-refractivity contribution in [3.8, 4) is 39.5 Å². The quantitative estimate of drug-likeness (QED) is 0.275. The van der Waals surface area contributed by atoms with Crippen molar-refractivity contribution < 1.29 is 19.7 Å². The zero-order chi connectivity index (χ0) is 20.8. The Labute approximate surface area is 170 Å². The number of rotatable bonds is 2. The summed E-state index contributed by atoms with van der Waals surface area (Å²) in [7, 11) is 0. The third-order valence-electron chi connectivity index (χ3n) is 5.18. The third-order valence-corrected chi connectivity index (χ3v) is 5.18. The van der Waals surface area contributed by atoms with Gasteiger partial charge in [0.2, 0.25) is 5.43 Å². The van der Waals surface area contributed by atoms with Gasteiger partial charge in [-0.05, 0) is 70.8 Å². The maximum atomic E-state index is 13.1. The van der Waals surface area contributed by atoms with Crippen molar-refractivity contribution in [2.24, 2.45) is 0 Å². The summed E-state index contributed by atoms with van der Waals surface area (Å²) in [5.74, 6) is -0.332. The molecule has 4 aromatic carbocycles. The van der Waals surface area contributed by atoms with Crippen LogP contribution in [0.25, 0.3) is 44.2 Å². The van der Waals surface area contributed by atoms with Crippen LogP contribution in [-0.2, 0) is 0 Å². The first-order chi connectivity index (χ1) is 14.5. The van der Waals surface area contributed by atoms with E-state index < -0.39 is 0 Å². The molecule has 0 atom stereocenters. The number of hydrogen-bond acceptors (Lipinski definition) is 5. The Bertz CT molecular complexity index is 1480. The summed E-state index contributed by atoms with van der Waals surface area (Å²) in [6, 6.07) is 21.8. The highest BCUT2D eigenvalue weighted by Gasteiger charge is 2.15. The molecule has 0 aliphatic heterocycles. The lowest BCUT2D eigenvalue weighted by Crippen LogP contribution is -2.02. The summed E-state index contributed by atoms with van der Waals surface area (Å²) in [5, 5.41) is 30.3. The summed E-state index contributed by atoms with van der Waals surface area (Å²) in [4.78, 5) is 13.1. The molecule has 3 N–H and O–H groups in total. The Morgan fingerprint density at radius 3 is 2.07 bits per heavy atom. The molecule has 146 valence electrons. The summed E-state index contributed by atoms with van der Waals surface area (Å²) in [6.45, 7) is 0. The monoisotopic (exact) mass is 396 g/mol. The van der Waals surface area contributed by atoms with Gasteiger partial charge in [-0.25, -0.2) is 0 Å². The molecule has 1 heterocycles. The predicted octanol–water partition coefficient (Wildman–Crippen LogP) is 5.40. The average molecular weight is 396 g/mol. The highest BCUT2D eigenvalue weighted by molar-refractivity contribution is 5.98. The summed E-state index contributed by atoms with van der Waals surface area (Å²) in [6.07, 6.45) is 0. The maximum absolute atomic E-state index is 13.1. The average Bonchev–Trinajstić information content (AvgIpc) is 2.76. The smallest absolute Gasteiger partial charge is 0.200 e. The molecule has 0 bridgehead atoms. The van der Waals surface area contributed by atoms with Crippen molar-refractivity contribution in [2.75, 3.05) is 0 Å². The van der Waals surface area contributed by atoms with Crippen LogP contribution in [0.2, 0.25) is 0 Å². The number of fused-ring (bicyclic) bond motifs is 2. The number of aromatic hydroxyl groups is 3. The van der Waals surface area contributed by atoms with Gasteiger partial charge in [-0.15, -0.1) is 0 Å². The fourth-order valence-electron chi connectivity index (χ4n) is 3.66. The van der Waals surface area contributed by atoms with Crippen LogP contribution in [0.5, 0.6) is 17.2 Å². The van der Waals surface area contributed by atoms with Gasteiger partial charge in [0.1, 0.15) is 16.9 Å². The summed E-state index contributed by atoms with van der Waals surface area (Å²) in [5.41, 5.74) is 3.65. The van der Waals surface area contributed by atoms with Crippen molar-refractivity contribution in [3.63, 3.8) is 0 Å².